The van der Waals surface area contributed by atoms with Gasteiger partial charge in [0.15, 0.2) is 0 Å². The Morgan fingerprint density at radius 1 is 1.13 bits per heavy atom. The number of aryl methyl sites for hydroxylation is 1. The number of nitrogens with zero attached hydrogens (tertiary/aromatic N) is 2. The molecule has 0 aliphatic carbocycles. The van der Waals surface area contributed by atoms with Gasteiger partial charge in [-0.05, 0) is 12.1 Å². The maximum atomic E-state index is 11.9. The van der Waals surface area contributed by atoms with Crippen LogP contribution < -0.4 is 5.56 Å². The zero-order valence-electron chi connectivity index (χ0n) is 7.93. The van der Waals surface area contributed by atoms with Gasteiger partial charge in [-0.25, -0.2) is 9.55 Å². The fraction of sp³-hybridized carbons (Fsp3) is 0.182. The lowest BCUT2D eigenvalue weighted by Crippen LogP contribution is -2.25. The molecule has 0 spiro atoms. The molecule has 1 aromatic heterocycles. The van der Waals surface area contributed by atoms with Crippen LogP contribution in [0.2, 0.25) is 0 Å². The van der Waals surface area contributed by atoms with Crippen LogP contribution in [0.1, 0.15) is 17.0 Å². The monoisotopic (exact) mass is 200 g/mol. The van der Waals surface area contributed by atoms with Crippen LogP contribution >= 0.6 is 0 Å². The molecule has 15 heavy (non-hydrogen) atoms. The van der Waals surface area contributed by atoms with Gasteiger partial charge in [0.1, 0.15) is 5.82 Å². The van der Waals surface area contributed by atoms with Gasteiger partial charge < -0.3 is 0 Å². The van der Waals surface area contributed by atoms with Crippen LogP contribution in [0, 0.1) is 0 Å². The van der Waals surface area contributed by atoms with Crippen molar-refractivity contribution in [3.8, 4) is 0 Å². The summed E-state index contributed by atoms with van der Waals surface area (Å²) in [4.78, 5) is 27.7. The Morgan fingerprint density at radius 3 is 2.80 bits per heavy atom. The van der Waals surface area contributed by atoms with Crippen molar-refractivity contribution in [2.24, 2.45) is 0 Å². The number of carbonyl (C=O) groups is 1. The standard InChI is InChI=1S/C11H8N2O2/c14-10-6-5-9-12-8-4-2-1-3-7(8)11(15)13(9)10/h1-4H,5-6H2. The van der Waals surface area contributed by atoms with Gasteiger partial charge in [-0.1, -0.05) is 12.1 Å². The van der Waals surface area contributed by atoms with Gasteiger partial charge in [-0.15, -0.1) is 0 Å². The van der Waals surface area contributed by atoms with Gasteiger partial charge in [0, 0.05) is 12.8 Å². The number of hydrogen-bond acceptors (Lipinski definition) is 3. The summed E-state index contributed by atoms with van der Waals surface area (Å²) in [5.41, 5.74) is 0.432. The average Bonchev–Trinajstić information content (AvgIpc) is 2.61. The number of benzene rings is 1. The minimum atomic E-state index is -0.238. The fourth-order valence-corrected chi connectivity index (χ4v) is 1.93. The summed E-state index contributed by atoms with van der Waals surface area (Å²) in [6.07, 6.45) is 0.956. The van der Waals surface area contributed by atoms with Crippen molar-refractivity contribution >= 4 is 16.8 Å². The van der Waals surface area contributed by atoms with Gasteiger partial charge in [-0.3, -0.25) is 9.59 Å². The van der Waals surface area contributed by atoms with Gasteiger partial charge in [0.25, 0.3) is 5.56 Å². The van der Waals surface area contributed by atoms with E-state index < -0.39 is 0 Å². The summed E-state index contributed by atoms with van der Waals surface area (Å²) in [6, 6.07) is 7.10. The first kappa shape index (κ1) is 8.35. The Hall–Kier alpha value is -1.97. The van der Waals surface area contributed by atoms with E-state index in [9.17, 15) is 9.59 Å². The predicted octanol–water partition coefficient (Wildman–Crippen LogP) is 0.983. The van der Waals surface area contributed by atoms with Gasteiger partial charge in [-0.2, -0.15) is 0 Å². The number of rotatable bonds is 0. The number of carbonyl (C=O) groups excluding carboxylic acids is 1. The molecule has 4 heteroatoms. The van der Waals surface area contributed by atoms with E-state index >= 15 is 0 Å². The first-order chi connectivity index (χ1) is 7.27. The molecule has 0 N–H and O–H groups in total. The van der Waals surface area contributed by atoms with Crippen LogP contribution in [0.15, 0.2) is 29.1 Å². The largest absolute Gasteiger partial charge is 0.274 e. The van der Waals surface area contributed by atoms with Crippen molar-refractivity contribution in [2.75, 3.05) is 0 Å². The second kappa shape index (κ2) is 2.76. The number of hydrogen-bond donors (Lipinski definition) is 0. The second-order valence-corrected chi connectivity index (χ2v) is 3.58. The van der Waals surface area contributed by atoms with Crippen molar-refractivity contribution in [3.63, 3.8) is 0 Å². The van der Waals surface area contributed by atoms with Crippen molar-refractivity contribution in [3.05, 3.63) is 40.4 Å². The summed E-state index contributed by atoms with van der Waals surface area (Å²) in [5.74, 6) is 0.442. The van der Waals surface area contributed by atoms with E-state index in [1.165, 1.54) is 4.57 Å². The molecule has 3 rings (SSSR count). The molecular formula is C11H8N2O2. The topological polar surface area (TPSA) is 52.0 Å². The summed E-state index contributed by atoms with van der Waals surface area (Å²) in [5, 5.41) is 0.511. The van der Waals surface area contributed by atoms with Gasteiger partial charge in [0.2, 0.25) is 5.91 Å². The molecule has 0 saturated heterocycles. The smallest absolute Gasteiger partial charge is 0.268 e. The summed E-state index contributed by atoms with van der Waals surface area (Å²) in [6.45, 7) is 0. The van der Waals surface area contributed by atoms with E-state index in [2.05, 4.69) is 4.98 Å². The Balaban J connectivity index is 2.52. The molecule has 1 aliphatic heterocycles. The Bertz CT molecular complexity index is 628. The minimum absolute atomic E-state index is 0.145. The Kier molecular flexibility index (Phi) is 1.54. The predicted molar refractivity (Wildman–Crippen MR) is 55.0 cm³/mol. The molecule has 4 nitrogen and oxygen atoms in total. The first-order valence-corrected chi connectivity index (χ1v) is 4.81. The summed E-state index contributed by atoms with van der Waals surface area (Å²) in [7, 11) is 0. The molecule has 1 aromatic carbocycles. The zero-order chi connectivity index (χ0) is 10.4. The van der Waals surface area contributed by atoms with Crippen molar-refractivity contribution in [2.45, 2.75) is 12.8 Å². The molecular weight excluding hydrogens is 192 g/mol. The zero-order valence-corrected chi connectivity index (χ0v) is 7.93. The molecule has 2 aromatic rings. The third-order valence-corrected chi connectivity index (χ3v) is 2.66. The number of para-hydroxylation sites is 1. The SMILES string of the molecule is O=C1CCc2nc3ccccc3c(=O)n21. The lowest BCUT2D eigenvalue weighted by molar-refractivity contribution is 0.0920. The van der Waals surface area contributed by atoms with Gasteiger partial charge in [0.05, 0.1) is 10.9 Å². The maximum Gasteiger partial charge on any atom is 0.268 e. The second-order valence-electron chi connectivity index (χ2n) is 3.58. The van der Waals surface area contributed by atoms with Crippen LogP contribution in [0.5, 0.6) is 0 Å². The Labute approximate surface area is 85.2 Å². The number of aromatic nitrogens is 2. The van der Waals surface area contributed by atoms with Crippen molar-refractivity contribution in [1.82, 2.24) is 9.55 Å². The molecule has 0 amide bonds. The van der Waals surface area contributed by atoms with Crippen LogP contribution in [0.25, 0.3) is 10.9 Å². The highest BCUT2D eigenvalue weighted by molar-refractivity contribution is 5.86. The van der Waals surface area contributed by atoms with Crippen molar-refractivity contribution in [1.29, 1.82) is 0 Å². The maximum absolute atomic E-state index is 11.9. The van der Waals surface area contributed by atoms with E-state index in [-0.39, 0.29) is 11.5 Å². The van der Waals surface area contributed by atoms with Crippen LogP contribution in [-0.2, 0) is 6.42 Å². The van der Waals surface area contributed by atoms with E-state index in [1.807, 2.05) is 6.07 Å². The molecule has 0 unspecified atom stereocenters. The van der Waals surface area contributed by atoms with Crippen LogP contribution in [0.3, 0.4) is 0 Å². The molecule has 0 atom stereocenters. The van der Waals surface area contributed by atoms with Crippen molar-refractivity contribution < 1.29 is 4.79 Å². The summed E-state index contributed by atoms with van der Waals surface area (Å²) < 4.78 is 1.20. The highest BCUT2D eigenvalue weighted by Crippen LogP contribution is 2.13. The lowest BCUT2D eigenvalue weighted by Gasteiger charge is -2.02. The molecule has 74 valence electrons. The molecule has 1 aliphatic rings. The quantitative estimate of drug-likeness (QED) is 0.637. The molecule has 0 saturated carbocycles. The molecule has 0 radical (unpaired) electrons. The molecule has 2 heterocycles. The van der Waals surface area contributed by atoms with Gasteiger partial charge >= 0.3 is 0 Å². The first-order valence-electron chi connectivity index (χ1n) is 4.81. The third kappa shape index (κ3) is 1.05. The van der Waals surface area contributed by atoms with Crippen LogP contribution in [0.4, 0.5) is 0 Å². The normalized spacial score (nSPS) is 14.5. The van der Waals surface area contributed by atoms with E-state index in [1.54, 1.807) is 18.2 Å². The number of fused-ring (bicyclic) bond motifs is 2. The van der Waals surface area contributed by atoms with E-state index in [0.29, 0.717) is 29.6 Å². The molecule has 0 bridgehead atoms. The molecule has 0 fully saturated rings. The van der Waals surface area contributed by atoms with Crippen LogP contribution in [-0.4, -0.2) is 15.5 Å². The van der Waals surface area contributed by atoms with E-state index in [0.717, 1.165) is 0 Å². The Morgan fingerprint density at radius 2 is 1.93 bits per heavy atom. The average molecular weight is 200 g/mol. The third-order valence-electron chi connectivity index (χ3n) is 2.66. The highest BCUT2D eigenvalue weighted by Gasteiger charge is 2.22. The highest BCUT2D eigenvalue weighted by atomic mass is 16.2. The lowest BCUT2D eigenvalue weighted by atomic mass is 10.2. The van der Waals surface area contributed by atoms with E-state index in [4.69, 9.17) is 0 Å². The minimum Gasteiger partial charge on any atom is -0.274 e. The summed E-state index contributed by atoms with van der Waals surface area (Å²) >= 11 is 0. The fourth-order valence-electron chi connectivity index (χ4n) is 1.93.